The maximum Gasteiger partial charge on any atom is 0.269 e. The van der Waals surface area contributed by atoms with Gasteiger partial charge in [0, 0.05) is 42.9 Å². The molecule has 0 aromatic heterocycles. The van der Waals surface area contributed by atoms with Crippen molar-refractivity contribution >= 4 is 29.3 Å². The highest BCUT2D eigenvalue weighted by molar-refractivity contribution is 6.30. The average Bonchev–Trinajstić information content (AvgIpc) is 2.74. The number of ether oxygens (including phenoxy) is 1. The van der Waals surface area contributed by atoms with Crippen LogP contribution in [0.3, 0.4) is 0 Å². The molecular weight excluding hydrogens is 394 g/mol. The summed E-state index contributed by atoms with van der Waals surface area (Å²) in [6.07, 6.45) is 3.06. The van der Waals surface area contributed by atoms with E-state index in [1.54, 1.807) is 18.2 Å². The second-order valence-corrected chi connectivity index (χ2v) is 7.08. The van der Waals surface area contributed by atoms with Crippen LogP contribution >= 0.6 is 11.6 Å². The van der Waals surface area contributed by atoms with Crippen LogP contribution in [0.4, 0.5) is 5.69 Å². The van der Waals surface area contributed by atoms with E-state index in [-0.39, 0.29) is 17.6 Å². The Kier molecular flexibility index (Phi) is 7.35. The highest BCUT2D eigenvalue weighted by Crippen LogP contribution is 2.23. The summed E-state index contributed by atoms with van der Waals surface area (Å²) in [4.78, 5) is 24.8. The molecule has 1 saturated heterocycles. The molecule has 0 radical (unpaired) electrons. The lowest BCUT2D eigenvalue weighted by molar-refractivity contribution is -0.384. The Morgan fingerprint density at radius 2 is 1.83 bits per heavy atom. The number of hydrogen-bond acceptors (Lipinski definition) is 5. The van der Waals surface area contributed by atoms with Gasteiger partial charge in [0.1, 0.15) is 0 Å². The molecule has 1 unspecified atom stereocenters. The first-order valence-electron chi connectivity index (χ1n) is 9.30. The smallest absolute Gasteiger partial charge is 0.269 e. The number of nitrogens with one attached hydrogen (secondary N) is 1. The van der Waals surface area contributed by atoms with E-state index < -0.39 is 4.92 Å². The van der Waals surface area contributed by atoms with Crippen LogP contribution in [0, 0.1) is 10.1 Å². The monoisotopic (exact) mass is 415 g/mol. The third kappa shape index (κ3) is 6.12. The number of non-ortho nitro benzene ring substituents is 1. The first kappa shape index (κ1) is 21.0. The van der Waals surface area contributed by atoms with E-state index >= 15 is 0 Å². The summed E-state index contributed by atoms with van der Waals surface area (Å²) in [5, 5.41) is 14.3. The molecule has 152 valence electrons. The Bertz CT molecular complexity index is 862. The second-order valence-electron chi connectivity index (χ2n) is 6.64. The Morgan fingerprint density at radius 1 is 1.17 bits per heavy atom. The average molecular weight is 416 g/mol. The van der Waals surface area contributed by atoms with Gasteiger partial charge in [0.25, 0.3) is 5.69 Å². The molecule has 1 fully saturated rings. The van der Waals surface area contributed by atoms with Crippen LogP contribution in [0.15, 0.2) is 54.6 Å². The minimum atomic E-state index is -0.456. The lowest BCUT2D eigenvalue weighted by Gasteiger charge is -2.34. The van der Waals surface area contributed by atoms with Gasteiger partial charge in [-0.3, -0.25) is 19.8 Å². The summed E-state index contributed by atoms with van der Waals surface area (Å²) < 4.78 is 5.44. The zero-order chi connectivity index (χ0) is 20.6. The lowest BCUT2D eigenvalue weighted by atomic mass is 10.0. The number of hydrogen-bond donors (Lipinski definition) is 1. The van der Waals surface area contributed by atoms with Crippen LogP contribution in [0.25, 0.3) is 6.08 Å². The third-order valence-electron chi connectivity index (χ3n) is 4.74. The van der Waals surface area contributed by atoms with Crippen molar-refractivity contribution in [3.63, 3.8) is 0 Å². The van der Waals surface area contributed by atoms with E-state index in [2.05, 4.69) is 10.2 Å². The molecule has 3 rings (SSSR count). The van der Waals surface area contributed by atoms with Crippen LogP contribution in [0.5, 0.6) is 0 Å². The number of rotatable bonds is 7. The van der Waals surface area contributed by atoms with Crippen molar-refractivity contribution in [3.05, 3.63) is 80.9 Å². The van der Waals surface area contributed by atoms with Crippen molar-refractivity contribution in [1.29, 1.82) is 0 Å². The molecule has 1 atom stereocenters. The molecule has 0 bridgehead atoms. The van der Waals surface area contributed by atoms with Crippen molar-refractivity contribution in [3.8, 4) is 0 Å². The highest BCUT2D eigenvalue weighted by Gasteiger charge is 2.22. The molecule has 1 aliphatic heterocycles. The van der Waals surface area contributed by atoms with Crippen LogP contribution < -0.4 is 5.32 Å². The Labute approximate surface area is 174 Å². The van der Waals surface area contributed by atoms with Gasteiger partial charge in [0.05, 0.1) is 24.2 Å². The van der Waals surface area contributed by atoms with Gasteiger partial charge in [-0.1, -0.05) is 23.7 Å². The Balaban J connectivity index is 1.62. The van der Waals surface area contributed by atoms with Gasteiger partial charge in [0.15, 0.2) is 0 Å². The SMILES string of the molecule is O=C(C=Cc1ccc([N+](=O)[O-])cc1)NCC(c1ccc(Cl)cc1)N1CCOCC1. The topological polar surface area (TPSA) is 84.7 Å². The van der Waals surface area contributed by atoms with Crippen LogP contribution in [0.1, 0.15) is 17.2 Å². The van der Waals surface area contributed by atoms with E-state index in [9.17, 15) is 14.9 Å². The number of carbonyl (C=O) groups excluding carboxylic acids is 1. The molecular formula is C21H22ClN3O4. The molecule has 0 spiro atoms. The normalized spacial score (nSPS) is 15.9. The molecule has 1 aliphatic rings. The first-order chi connectivity index (χ1) is 14.0. The predicted octanol–water partition coefficient (Wildman–Crippen LogP) is 3.45. The molecule has 1 heterocycles. The predicted molar refractivity (Wildman–Crippen MR) is 112 cm³/mol. The van der Waals surface area contributed by atoms with E-state index in [1.165, 1.54) is 18.2 Å². The van der Waals surface area contributed by atoms with Gasteiger partial charge in [-0.25, -0.2) is 0 Å². The van der Waals surface area contributed by atoms with Gasteiger partial charge >= 0.3 is 0 Å². The molecule has 1 amide bonds. The molecule has 29 heavy (non-hydrogen) atoms. The fraction of sp³-hybridized carbons (Fsp3) is 0.286. The van der Waals surface area contributed by atoms with Gasteiger partial charge < -0.3 is 10.1 Å². The summed E-state index contributed by atoms with van der Waals surface area (Å²) in [5.41, 5.74) is 1.81. The van der Waals surface area contributed by atoms with Gasteiger partial charge in [0.2, 0.25) is 5.91 Å². The zero-order valence-corrected chi connectivity index (χ0v) is 16.5. The standard InChI is InChI=1S/C21H22ClN3O4/c22-18-6-4-17(5-7-18)20(24-11-13-29-14-12-24)15-23-21(26)10-3-16-1-8-19(9-2-16)25(27)28/h1-10,20H,11-15H2,(H,23,26). The molecule has 8 heteroatoms. The first-order valence-corrected chi connectivity index (χ1v) is 9.68. The highest BCUT2D eigenvalue weighted by atomic mass is 35.5. The fourth-order valence-corrected chi connectivity index (χ4v) is 3.29. The minimum Gasteiger partial charge on any atom is -0.379 e. The van der Waals surface area contributed by atoms with Gasteiger partial charge in [-0.15, -0.1) is 0 Å². The van der Waals surface area contributed by atoms with Crippen molar-refractivity contribution in [2.45, 2.75) is 6.04 Å². The number of nitro groups is 1. The number of benzene rings is 2. The molecule has 0 aliphatic carbocycles. The van der Waals surface area contributed by atoms with Crippen LogP contribution in [-0.4, -0.2) is 48.6 Å². The number of nitrogens with zero attached hydrogens (tertiary/aromatic N) is 2. The minimum absolute atomic E-state index is 0.0166. The van der Waals surface area contributed by atoms with Crippen molar-refractivity contribution in [1.82, 2.24) is 10.2 Å². The summed E-state index contributed by atoms with van der Waals surface area (Å²) in [7, 11) is 0. The maximum absolute atomic E-state index is 12.3. The van der Waals surface area contributed by atoms with Gasteiger partial charge in [-0.05, 0) is 41.5 Å². The molecule has 1 N–H and O–H groups in total. The van der Waals surface area contributed by atoms with Crippen LogP contribution in [0.2, 0.25) is 5.02 Å². The number of nitro benzene ring substituents is 1. The fourth-order valence-electron chi connectivity index (χ4n) is 3.17. The quantitative estimate of drug-likeness (QED) is 0.425. The van der Waals surface area contributed by atoms with Crippen molar-refractivity contribution in [2.75, 3.05) is 32.8 Å². The summed E-state index contributed by atoms with van der Waals surface area (Å²) in [6, 6.07) is 13.7. The Morgan fingerprint density at radius 3 is 2.45 bits per heavy atom. The molecule has 2 aromatic carbocycles. The zero-order valence-electron chi connectivity index (χ0n) is 15.8. The third-order valence-corrected chi connectivity index (χ3v) is 4.99. The Hall–Kier alpha value is -2.74. The second kappa shape index (κ2) is 10.2. The van der Waals surface area contributed by atoms with Crippen molar-refractivity contribution in [2.24, 2.45) is 0 Å². The number of halogens is 1. The molecule has 7 nitrogen and oxygen atoms in total. The number of carbonyl (C=O) groups is 1. The van der Waals surface area contributed by atoms with Gasteiger partial charge in [-0.2, -0.15) is 0 Å². The van der Waals surface area contributed by atoms with E-state index in [0.717, 1.165) is 18.7 Å². The summed E-state index contributed by atoms with van der Waals surface area (Å²) in [5.74, 6) is -0.226. The summed E-state index contributed by atoms with van der Waals surface area (Å²) in [6.45, 7) is 3.37. The number of morpholine rings is 1. The largest absolute Gasteiger partial charge is 0.379 e. The molecule has 0 saturated carbocycles. The van der Waals surface area contributed by atoms with Crippen LogP contribution in [-0.2, 0) is 9.53 Å². The van der Waals surface area contributed by atoms with Crippen molar-refractivity contribution < 1.29 is 14.5 Å². The summed E-state index contributed by atoms with van der Waals surface area (Å²) >= 11 is 6.01. The van der Waals surface area contributed by atoms with E-state index in [4.69, 9.17) is 16.3 Å². The molecule has 2 aromatic rings. The van der Waals surface area contributed by atoms with E-state index in [0.29, 0.717) is 30.3 Å². The lowest BCUT2D eigenvalue weighted by Crippen LogP contribution is -2.43. The van der Waals surface area contributed by atoms with E-state index in [1.807, 2.05) is 24.3 Å². The maximum atomic E-state index is 12.3. The number of amides is 1.